The van der Waals surface area contributed by atoms with Crippen molar-refractivity contribution in [3.63, 3.8) is 0 Å². The Morgan fingerprint density at radius 2 is 1.61 bits per heavy atom. The number of piperazine rings is 1. The van der Waals surface area contributed by atoms with Crippen molar-refractivity contribution in [2.24, 2.45) is 5.92 Å². The monoisotopic (exact) mass is 600 g/mol. The fraction of sp³-hybridized carbons (Fsp3) is 0.448. The van der Waals surface area contributed by atoms with Gasteiger partial charge in [0, 0.05) is 67.4 Å². The Labute approximate surface area is 249 Å². The lowest BCUT2D eigenvalue weighted by molar-refractivity contribution is -0.138. The Bertz CT molecular complexity index is 1310. The molecule has 0 spiro atoms. The van der Waals surface area contributed by atoms with Crippen LogP contribution in [0.4, 0.5) is 5.95 Å². The van der Waals surface area contributed by atoms with Gasteiger partial charge >= 0.3 is 5.97 Å². The van der Waals surface area contributed by atoms with Gasteiger partial charge in [0.1, 0.15) is 0 Å². The molecule has 5 rings (SSSR count). The quantitative estimate of drug-likeness (QED) is 0.346. The summed E-state index contributed by atoms with van der Waals surface area (Å²) in [6.45, 7) is 6.48. The lowest BCUT2D eigenvalue weighted by Crippen LogP contribution is -2.47. The van der Waals surface area contributed by atoms with Crippen LogP contribution in [0.5, 0.6) is 11.6 Å². The maximum Gasteiger partial charge on any atom is 0.303 e. The number of likely N-dealkylation sites (tertiary alicyclic amines) is 1. The summed E-state index contributed by atoms with van der Waals surface area (Å²) in [7, 11) is 0. The van der Waals surface area contributed by atoms with Crippen molar-refractivity contribution in [2.45, 2.75) is 25.8 Å². The maximum absolute atomic E-state index is 11.1. The molecular formula is C29H34Cl2N6O4. The number of anilines is 1. The van der Waals surface area contributed by atoms with Crippen molar-refractivity contribution in [2.75, 3.05) is 57.3 Å². The number of β-amino-alcohol motifs (C(OH)–C–C–N with tert-alkyl or cyclic N) is 1. The molecule has 0 amide bonds. The molecule has 41 heavy (non-hydrogen) atoms. The van der Waals surface area contributed by atoms with Crippen LogP contribution in [0.3, 0.4) is 0 Å². The van der Waals surface area contributed by atoms with Gasteiger partial charge in [-0.25, -0.2) is 15.0 Å². The van der Waals surface area contributed by atoms with E-state index in [4.69, 9.17) is 43.1 Å². The Balaban J connectivity index is 1.31. The molecule has 3 aromatic rings. The van der Waals surface area contributed by atoms with E-state index in [-0.39, 0.29) is 18.9 Å². The van der Waals surface area contributed by atoms with Gasteiger partial charge in [-0.15, -0.1) is 0 Å². The average Bonchev–Trinajstić information content (AvgIpc) is 2.94. The number of aliphatic carboxylic acids is 1. The third-order valence-electron chi connectivity index (χ3n) is 7.50. The summed E-state index contributed by atoms with van der Waals surface area (Å²) in [6, 6.07) is 9.24. The molecular weight excluding hydrogens is 567 g/mol. The number of carboxylic acids is 1. The highest BCUT2D eigenvalue weighted by Crippen LogP contribution is 2.31. The molecule has 0 unspecified atom stereocenters. The zero-order valence-electron chi connectivity index (χ0n) is 22.8. The summed E-state index contributed by atoms with van der Waals surface area (Å²) >= 11 is 12.6. The number of carbonyl (C=O) groups is 1. The largest absolute Gasteiger partial charge is 0.481 e. The average molecular weight is 602 g/mol. The zero-order chi connectivity index (χ0) is 28.8. The van der Waals surface area contributed by atoms with Crippen molar-refractivity contribution >= 4 is 35.1 Å². The van der Waals surface area contributed by atoms with Gasteiger partial charge in [-0.05, 0) is 61.7 Å². The molecule has 0 aliphatic carbocycles. The molecule has 10 nitrogen and oxygen atoms in total. The van der Waals surface area contributed by atoms with Crippen molar-refractivity contribution < 1.29 is 19.7 Å². The lowest BCUT2D eigenvalue weighted by atomic mass is 9.93. The van der Waals surface area contributed by atoms with E-state index in [0.717, 1.165) is 63.2 Å². The van der Waals surface area contributed by atoms with Crippen LogP contribution in [0, 0.1) is 5.92 Å². The summed E-state index contributed by atoms with van der Waals surface area (Å²) in [5.41, 5.74) is 2.47. The van der Waals surface area contributed by atoms with Gasteiger partial charge in [0.2, 0.25) is 11.8 Å². The maximum atomic E-state index is 11.1. The van der Waals surface area contributed by atoms with Gasteiger partial charge in [-0.1, -0.05) is 23.2 Å². The van der Waals surface area contributed by atoms with E-state index in [0.29, 0.717) is 46.4 Å². The first-order chi connectivity index (χ1) is 19.8. The molecule has 12 heteroatoms. The predicted molar refractivity (Wildman–Crippen MR) is 158 cm³/mol. The molecule has 4 heterocycles. The number of halogens is 2. The minimum Gasteiger partial charge on any atom is -0.481 e. The number of ether oxygens (including phenoxy) is 1. The zero-order valence-corrected chi connectivity index (χ0v) is 24.3. The number of carboxylic acid groups (broad SMARTS) is 1. The second kappa shape index (κ2) is 13.8. The molecule has 2 saturated heterocycles. The molecule has 2 fully saturated rings. The number of nitrogens with zero attached hydrogens (tertiary/aromatic N) is 6. The summed E-state index contributed by atoms with van der Waals surface area (Å²) in [6.07, 6.45) is 5.25. The number of pyridine rings is 1. The van der Waals surface area contributed by atoms with Crippen molar-refractivity contribution in [3.05, 3.63) is 58.3 Å². The molecule has 2 aromatic heterocycles. The lowest BCUT2D eigenvalue weighted by Gasteiger charge is -2.34. The fourth-order valence-electron chi connectivity index (χ4n) is 5.37. The van der Waals surface area contributed by atoms with Gasteiger partial charge in [0.25, 0.3) is 0 Å². The first kappa shape index (κ1) is 29.5. The number of rotatable bonds is 10. The van der Waals surface area contributed by atoms with Crippen molar-refractivity contribution in [1.29, 1.82) is 0 Å². The third-order valence-corrected chi connectivity index (χ3v) is 7.94. The molecule has 0 bridgehead atoms. The number of aliphatic hydroxyl groups excluding tert-OH is 1. The number of hydrogen-bond acceptors (Lipinski definition) is 9. The van der Waals surface area contributed by atoms with Gasteiger partial charge in [0.15, 0.2) is 5.75 Å². The number of aromatic nitrogens is 3. The molecule has 2 N–H and O–H groups in total. The molecule has 1 aromatic carbocycles. The van der Waals surface area contributed by atoms with Gasteiger partial charge < -0.3 is 19.8 Å². The summed E-state index contributed by atoms with van der Waals surface area (Å²) < 4.78 is 6.14. The van der Waals surface area contributed by atoms with Gasteiger partial charge in [-0.3, -0.25) is 14.6 Å². The summed E-state index contributed by atoms with van der Waals surface area (Å²) in [5, 5.41) is 19.3. The topological polar surface area (TPSA) is 115 Å². The van der Waals surface area contributed by atoms with E-state index in [1.165, 1.54) is 0 Å². The molecule has 0 atom stereocenters. The number of aliphatic hydroxyl groups is 1. The Hall–Kier alpha value is -3.02. The fourth-order valence-corrected chi connectivity index (χ4v) is 5.89. The van der Waals surface area contributed by atoms with Crippen LogP contribution in [0.1, 0.15) is 24.8 Å². The molecule has 0 saturated carbocycles. The Morgan fingerprint density at radius 1 is 0.927 bits per heavy atom. The van der Waals surface area contributed by atoms with Crippen molar-refractivity contribution in [3.8, 4) is 22.9 Å². The summed E-state index contributed by atoms with van der Waals surface area (Å²) in [5.74, 6) is 1.01. The third kappa shape index (κ3) is 8.27. The smallest absolute Gasteiger partial charge is 0.303 e. The second-order valence-corrected chi connectivity index (χ2v) is 11.4. The van der Waals surface area contributed by atoms with Crippen LogP contribution in [0.25, 0.3) is 11.3 Å². The number of benzene rings is 1. The van der Waals surface area contributed by atoms with E-state index < -0.39 is 5.97 Å². The second-order valence-electron chi connectivity index (χ2n) is 10.5. The van der Waals surface area contributed by atoms with Gasteiger partial charge in [0.05, 0.1) is 24.7 Å². The van der Waals surface area contributed by atoms with E-state index in [1.54, 1.807) is 18.5 Å². The summed E-state index contributed by atoms with van der Waals surface area (Å²) in [4.78, 5) is 31.6. The highest BCUT2D eigenvalue weighted by atomic mass is 35.5. The molecule has 0 radical (unpaired) electrons. The van der Waals surface area contributed by atoms with Crippen LogP contribution in [0.2, 0.25) is 10.0 Å². The van der Waals surface area contributed by atoms with E-state index >= 15 is 0 Å². The standard InChI is InChI=1S/C29H34Cl2N6O4/c30-23-14-22(15-24(31)16-23)26-11-21(19-36-3-1-20(2-4-36)13-28(39)40)12-27(34-26)41-25-17-32-29(33-18-25)37-7-5-35(6-8-37)9-10-38/h11-12,14-18,20,38H,1-10,13,19H2,(H,39,40). The predicted octanol–water partition coefficient (Wildman–Crippen LogP) is 4.44. The van der Waals surface area contributed by atoms with Crippen LogP contribution < -0.4 is 9.64 Å². The van der Waals surface area contributed by atoms with E-state index in [9.17, 15) is 4.79 Å². The molecule has 2 aliphatic rings. The van der Waals surface area contributed by atoms with Crippen LogP contribution in [0.15, 0.2) is 42.7 Å². The van der Waals surface area contributed by atoms with Crippen LogP contribution in [-0.4, -0.2) is 93.4 Å². The normalized spacial score (nSPS) is 17.1. The Morgan fingerprint density at radius 3 is 2.24 bits per heavy atom. The van der Waals surface area contributed by atoms with Crippen LogP contribution in [-0.2, 0) is 11.3 Å². The minimum atomic E-state index is -0.734. The molecule has 2 aliphatic heterocycles. The minimum absolute atomic E-state index is 0.162. The SMILES string of the molecule is O=C(O)CC1CCN(Cc2cc(Oc3cnc(N4CCN(CCO)CC4)nc3)nc(-c3cc(Cl)cc(Cl)c3)c2)CC1. The van der Waals surface area contributed by atoms with E-state index in [2.05, 4.69) is 24.7 Å². The van der Waals surface area contributed by atoms with Crippen LogP contribution >= 0.6 is 23.2 Å². The highest BCUT2D eigenvalue weighted by Gasteiger charge is 2.22. The number of piperidine rings is 1. The first-order valence-electron chi connectivity index (χ1n) is 13.8. The first-order valence-corrected chi connectivity index (χ1v) is 14.6. The Kier molecular flexibility index (Phi) is 9.89. The van der Waals surface area contributed by atoms with Gasteiger partial charge in [-0.2, -0.15) is 0 Å². The van der Waals surface area contributed by atoms with Crippen molar-refractivity contribution in [1.82, 2.24) is 24.8 Å². The van der Waals surface area contributed by atoms with E-state index in [1.807, 2.05) is 24.3 Å². The highest BCUT2D eigenvalue weighted by molar-refractivity contribution is 6.35. The number of hydrogen-bond donors (Lipinski definition) is 2. The molecule has 218 valence electrons.